The molecule has 0 bridgehead atoms. The molecule has 4 nitrogen and oxygen atoms in total. The molecule has 0 radical (unpaired) electrons. The molecule has 1 aromatic heterocycles. The normalized spacial score (nSPS) is 13.8. The molecule has 1 heterocycles. The summed E-state index contributed by atoms with van der Waals surface area (Å²) >= 11 is 1.59. The van der Waals surface area contributed by atoms with Gasteiger partial charge in [0.1, 0.15) is 6.04 Å². The summed E-state index contributed by atoms with van der Waals surface area (Å²) in [5, 5.41) is 9.95. The number of thiazole rings is 1. The number of aliphatic carboxylic acids is 1. The van der Waals surface area contributed by atoms with Gasteiger partial charge in [0.05, 0.1) is 15.2 Å². The van der Waals surface area contributed by atoms with Gasteiger partial charge in [-0.05, 0) is 17.7 Å². The fraction of sp³-hybridized carbons (Fsp3) is 0.385. The van der Waals surface area contributed by atoms with E-state index in [1.54, 1.807) is 17.4 Å². The number of nitrogens with zero attached hydrogens (tertiary/aromatic N) is 1. The highest BCUT2D eigenvalue weighted by atomic mass is 32.1. The lowest BCUT2D eigenvalue weighted by Crippen LogP contribution is -2.20. The van der Waals surface area contributed by atoms with Gasteiger partial charge in [0, 0.05) is 5.41 Å². The second kappa shape index (κ2) is 4.33. The molecule has 5 heteroatoms. The maximum absolute atomic E-state index is 10.9. The maximum Gasteiger partial charge on any atom is 0.325 e. The van der Waals surface area contributed by atoms with Crippen molar-refractivity contribution in [2.24, 2.45) is 5.73 Å². The first-order chi connectivity index (χ1) is 8.29. The minimum absolute atomic E-state index is 0.00123. The SMILES string of the molecule is CC(C)(C)c1nc2ccc(C(N)C(=O)O)cc2s1. The predicted molar refractivity (Wildman–Crippen MR) is 72.9 cm³/mol. The Labute approximate surface area is 109 Å². The molecule has 0 saturated carbocycles. The first-order valence-electron chi connectivity index (χ1n) is 5.68. The lowest BCUT2D eigenvalue weighted by molar-refractivity contribution is -0.138. The number of rotatable bonds is 2. The van der Waals surface area contributed by atoms with Crippen LogP contribution < -0.4 is 5.73 Å². The first kappa shape index (κ1) is 13.0. The molecule has 0 fully saturated rings. The molecular formula is C13H16N2O2S. The van der Waals surface area contributed by atoms with Gasteiger partial charge in [-0.15, -0.1) is 11.3 Å². The highest BCUT2D eigenvalue weighted by Gasteiger charge is 2.20. The molecule has 1 atom stereocenters. The quantitative estimate of drug-likeness (QED) is 0.874. The number of hydrogen-bond acceptors (Lipinski definition) is 4. The van der Waals surface area contributed by atoms with E-state index >= 15 is 0 Å². The number of carboxylic acids is 1. The average Bonchev–Trinajstić information content (AvgIpc) is 2.69. The van der Waals surface area contributed by atoms with Crippen LogP contribution in [0.25, 0.3) is 10.2 Å². The van der Waals surface area contributed by atoms with Crippen LogP contribution in [-0.2, 0) is 10.2 Å². The van der Waals surface area contributed by atoms with Gasteiger partial charge in [0.25, 0.3) is 0 Å². The Hall–Kier alpha value is -1.46. The van der Waals surface area contributed by atoms with E-state index in [0.717, 1.165) is 15.2 Å². The van der Waals surface area contributed by atoms with E-state index in [9.17, 15) is 4.79 Å². The highest BCUT2D eigenvalue weighted by molar-refractivity contribution is 7.18. The zero-order valence-electron chi connectivity index (χ0n) is 10.6. The Bertz CT molecular complexity index is 599. The van der Waals surface area contributed by atoms with Crippen molar-refractivity contribution in [3.8, 4) is 0 Å². The summed E-state index contributed by atoms with van der Waals surface area (Å²) in [6.45, 7) is 6.32. The van der Waals surface area contributed by atoms with Crippen molar-refractivity contribution in [1.82, 2.24) is 4.98 Å². The second-order valence-electron chi connectivity index (χ2n) is 5.31. The standard InChI is InChI=1S/C13H16N2O2S/c1-13(2,3)12-15-8-5-4-7(6-9(8)18-12)10(14)11(16)17/h4-6,10H,14H2,1-3H3,(H,16,17). The van der Waals surface area contributed by atoms with E-state index in [-0.39, 0.29) is 5.41 Å². The van der Waals surface area contributed by atoms with Gasteiger partial charge >= 0.3 is 5.97 Å². The fourth-order valence-corrected chi connectivity index (χ4v) is 2.67. The Morgan fingerprint density at radius 3 is 2.67 bits per heavy atom. The van der Waals surface area contributed by atoms with Gasteiger partial charge in [0.2, 0.25) is 0 Å². The predicted octanol–water partition coefficient (Wildman–Crippen LogP) is 2.68. The molecule has 0 aliphatic rings. The molecule has 2 aromatic rings. The number of hydrogen-bond donors (Lipinski definition) is 2. The van der Waals surface area contributed by atoms with E-state index in [2.05, 4.69) is 25.8 Å². The van der Waals surface area contributed by atoms with E-state index in [0.29, 0.717) is 5.56 Å². The second-order valence-corrected chi connectivity index (χ2v) is 6.34. The third-order valence-electron chi connectivity index (χ3n) is 2.68. The average molecular weight is 264 g/mol. The first-order valence-corrected chi connectivity index (χ1v) is 6.50. The zero-order chi connectivity index (χ0) is 13.5. The summed E-state index contributed by atoms with van der Waals surface area (Å²) in [6.07, 6.45) is 0. The summed E-state index contributed by atoms with van der Waals surface area (Å²) in [6, 6.07) is 4.41. The van der Waals surface area contributed by atoms with Gasteiger partial charge < -0.3 is 10.8 Å². The van der Waals surface area contributed by atoms with Crippen molar-refractivity contribution in [2.75, 3.05) is 0 Å². The Kier molecular flexibility index (Phi) is 3.12. The molecule has 0 aliphatic heterocycles. The van der Waals surface area contributed by atoms with Gasteiger partial charge in [-0.3, -0.25) is 4.79 Å². The van der Waals surface area contributed by atoms with E-state index in [1.165, 1.54) is 0 Å². The fourth-order valence-electron chi connectivity index (χ4n) is 1.60. The van der Waals surface area contributed by atoms with Crippen LogP contribution in [0.15, 0.2) is 18.2 Å². The number of aromatic nitrogens is 1. The Morgan fingerprint density at radius 2 is 2.11 bits per heavy atom. The summed E-state index contributed by atoms with van der Waals surface area (Å²) < 4.78 is 0.981. The summed E-state index contributed by atoms with van der Waals surface area (Å²) in [5.74, 6) is -1.02. The minimum Gasteiger partial charge on any atom is -0.480 e. The molecular weight excluding hydrogens is 248 g/mol. The molecule has 2 rings (SSSR count). The smallest absolute Gasteiger partial charge is 0.325 e. The summed E-state index contributed by atoms with van der Waals surface area (Å²) in [4.78, 5) is 15.4. The van der Waals surface area contributed by atoms with Crippen LogP contribution in [-0.4, -0.2) is 16.1 Å². The number of fused-ring (bicyclic) bond motifs is 1. The molecule has 96 valence electrons. The molecule has 3 N–H and O–H groups in total. The third kappa shape index (κ3) is 2.37. The molecule has 0 spiro atoms. The van der Waals surface area contributed by atoms with Crippen molar-refractivity contribution < 1.29 is 9.90 Å². The van der Waals surface area contributed by atoms with Crippen molar-refractivity contribution >= 4 is 27.5 Å². The zero-order valence-corrected chi connectivity index (χ0v) is 11.4. The van der Waals surface area contributed by atoms with Crippen molar-refractivity contribution in [3.63, 3.8) is 0 Å². The van der Waals surface area contributed by atoms with Crippen LogP contribution in [0.5, 0.6) is 0 Å². The van der Waals surface area contributed by atoms with Crippen molar-refractivity contribution in [1.29, 1.82) is 0 Å². The monoisotopic (exact) mass is 264 g/mol. The molecule has 18 heavy (non-hydrogen) atoms. The lowest BCUT2D eigenvalue weighted by Gasteiger charge is -2.13. The van der Waals surface area contributed by atoms with Crippen LogP contribution >= 0.6 is 11.3 Å². The number of carbonyl (C=O) groups is 1. The topological polar surface area (TPSA) is 76.2 Å². The third-order valence-corrected chi connectivity index (χ3v) is 4.12. The number of benzene rings is 1. The minimum atomic E-state index is -1.02. The van der Waals surface area contributed by atoms with Crippen LogP contribution in [0.4, 0.5) is 0 Å². The number of carboxylic acid groups (broad SMARTS) is 1. The van der Waals surface area contributed by atoms with Crippen LogP contribution in [0.3, 0.4) is 0 Å². The maximum atomic E-state index is 10.9. The van der Waals surface area contributed by atoms with E-state index in [4.69, 9.17) is 10.8 Å². The molecule has 1 unspecified atom stereocenters. The summed E-state index contributed by atoms with van der Waals surface area (Å²) in [7, 11) is 0. The van der Waals surface area contributed by atoms with Gasteiger partial charge in [0.15, 0.2) is 0 Å². The number of nitrogens with two attached hydrogens (primary N) is 1. The largest absolute Gasteiger partial charge is 0.480 e. The lowest BCUT2D eigenvalue weighted by atomic mass is 9.98. The summed E-state index contributed by atoms with van der Waals surface area (Å²) in [5.41, 5.74) is 7.11. The Morgan fingerprint density at radius 1 is 1.44 bits per heavy atom. The van der Waals surface area contributed by atoms with E-state index in [1.807, 2.05) is 12.1 Å². The highest BCUT2D eigenvalue weighted by Crippen LogP contribution is 2.32. The van der Waals surface area contributed by atoms with Gasteiger partial charge in [-0.1, -0.05) is 26.8 Å². The van der Waals surface area contributed by atoms with Crippen molar-refractivity contribution in [2.45, 2.75) is 32.2 Å². The molecule has 1 aromatic carbocycles. The molecule has 0 saturated heterocycles. The van der Waals surface area contributed by atoms with Gasteiger partial charge in [-0.2, -0.15) is 0 Å². The molecule has 0 aliphatic carbocycles. The van der Waals surface area contributed by atoms with Crippen LogP contribution in [0.1, 0.15) is 37.4 Å². The van der Waals surface area contributed by atoms with E-state index < -0.39 is 12.0 Å². The van der Waals surface area contributed by atoms with Crippen LogP contribution in [0.2, 0.25) is 0 Å². The Balaban J connectivity index is 2.49. The van der Waals surface area contributed by atoms with Gasteiger partial charge in [-0.25, -0.2) is 4.98 Å². The van der Waals surface area contributed by atoms with Crippen LogP contribution in [0, 0.1) is 0 Å². The van der Waals surface area contributed by atoms with Crippen molar-refractivity contribution in [3.05, 3.63) is 28.8 Å². The molecule has 0 amide bonds.